The van der Waals surface area contributed by atoms with Crippen molar-refractivity contribution in [3.63, 3.8) is 0 Å². The van der Waals surface area contributed by atoms with Gasteiger partial charge in [0.1, 0.15) is 0 Å². The third-order valence-corrected chi connectivity index (χ3v) is 1.16. The van der Waals surface area contributed by atoms with Gasteiger partial charge in [-0.25, -0.2) is 5.43 Å². The molecule has 0 fully saturated rings. The average Bonchev–Trinajstić information content (AvgIpc) is 1.94. The standard InChI is InChI=1S/C6H6N2O2/c7-8-5-3-4(9)1-2-6(5)10/h1-3,8H,7H2/p+1. The molecule has 1 aliphatic carbocycles. The summed E-state index contributed by atoms with van der Waals surface area (Å²) < 4.78 is 0. The Morgan fingerprint density at radius 1 is 1.30 bits per heavy atom. The van der Waals surface area contributed by atoms with E-state index in [4.69, 9.17) is 5.84 Å². The predicted octanol–water partition coefficient (Wildman–Crippen LogP) is -1.98. The molecule has 0 amide bonds. The molecule has 0 unspecified atom stereocenters. The Hall–Kier alpha value is -1.26. The fourth-order valence-electron chi connectivity index (χ4n) is 0.657. The van der Waals surface area contributed by atoms with Crippen LogP contribution in [0.3, 0.4) is 0 Å². The number of allylic oxidation sites excluding steroid dienone is 3. The zero-order chi connectivity index (χ0) is 7.56. The van der Waals surface area contributed by atoms with Crippen molar-refractivity contribution in [1.29, 1.82) is 0 Å². The maximum atomic E-state index is 10.8. The quantitative estimate of drug-likeness (QED) is 0.251. The fourth-order valence-corrected chi connectivity index (χ4v) is 0.657. The third-order valence-electron chi connectivity index (χ3n) is 1.16. The first kappa shape index (κ1) is 6.85. The van der Waals surface area contributed by atoms with Gasteiger partial charge in [-0.2, -0.15) is 5.84 Å². The second kappa shape index (κ2) is 2.55. The monoisotopic (exact) mass is 139 g/mol. The van der Waals surface area contributed by atoms with E-state index in [1.165, 1.54) is 18.2 Å². The molecule has 4 heteroatoms. The molecule has 0 heterocycles. The minimum atomic E-state index is -0.220. The summed E-state index contributed by atoms with van der Waals surface area (Å²) >= 11 is 0. The highest BCUT2D eigenvalue weighted by Gasteiger charge is 2.14. The molecule has 52 valence electrons. The third kappa shape index (κ3) is 1.18. The number of hydrogen-bond donors (Lipinski definition) is 2. The second-order valence-corrected chi connectivity index (χ2v) is 1.87. The van der Waals surface area contributed by atoms with Crippen LogP contribution in [0.2, 0.25) is 0 Å². The smallest absolute Gasteiger partial charge is 0.241 e. The van der Waals surface area contributed by atoms with Crippen LogP contribution in [-0.4, -0.2) is 11.6 Å². The molecule has 4 nitrogen and oxygen atoms in total. The van der Waals surface area contributed by atoms with Gasteiger partial charge in [0.25, 0.3) is 0 Å². The van der Waals surface area contributed by atoms with E-state index in [2.05, 4.69) is 0 Å². The van der Waals surface area contributed by atoms with Crippen molar-refractivity contribution >= 4 is 11.6 Å². The van der Waals surface area contributed by atoms with Crippen molar-refractivity contribution in [3.05, 3.63) is 23.9 Å². The Labute approximate surface area is 57.4 Å². The van der Waals surface area contributed by atoms with E-state index < -0.39 is 0 Å². The number of hydrogen-bond acceptors (Lipinski definition) is 3. The average molecular weight is 139 g/mol. The van der Waals surface area contributed by atoms with Crippen molar-refractivity contribution in [1.82, 2.24) is 0 Å². The van der Waals surface area contributed by atoms with Crippen LogP contribution in [0.1, 0.15) is 0 Å². The summed E-state index contributed by atoms with van der Waals surface area (Å²) in [5.74, 6) is 4.64. The first-order valence-corrected chi connectivity index (χ1v) is 2.77. The summed E-state index contributed by atoms with van der Waals surface area (Å²) in [6.45, 7) is 0. The molecule has 4 N–H and O–H groups in total. The molecule has 0 saturated heterocycles. The van der Waals surface area contributed by atoms with E-state index in [1.54, 1.807) is 0 Å². The molecule has 1 aliphatic rings. The van der Waals surface area contributed by atoms with Gasteiger partial charge >= 0.3 is 0 Å². The molecule has 0 aliphatic heterocycles. The second-order valence-electron chi connectivity index (χ2n) is 1.87. The van der Waals surface area contributed by atoms with Crippen LogP contribution in [0, 0.1) is 0 Å². The van der Waals surface area contributed by atoms with Crippen molar-refractivity contribution in [2.75, 3.05) is 0 Å². The summed E-state index contributed by atoms with van der Waals surface area (Å²) in [5, 5.41) is 0. The van der Waals surface area contributed by atoms with E-state index in [-0.39, 0.29) is 17.3 Å². The van der Waals surface area contributed by atoms with Crippen LogP contribution in [0.4, 0.5) is 0 Å². The SMILES string of the molecule is N[NH2+]C1=CC(=O)C=CC1=O. The van der Waals surface area contributed by atoms with Gasteiger partial charge in [0.15, 0.2) is 11.5 Å². The van der Waals surface area contributed by atoms with Crippen molar-refractivity contribution < 1.29 is 15.0 Å². The lowest BCUT2D eigenvalue weighted by Crippen LogP contribution is -2.90. The normalized spacial score (nSPS) is 17.5. The Morgan fingerprint density at radius 2 is 2.00 bits per heavy atom. The Kier molecular flexibility index (Phi) is 1.75. The molecule has 0 atom stereocenters. The number of quaternary nitrogens is 1. The first-order valence-electron chi connectivity index (χ1n) is 2.77. The van der Waals surface area contributed by atoms with Crippen molar-refractivity contribution in [3.8, 4) is 0 Å². The predicted molar refractivity (Wildman–Crippen MR) is 33.3 cm³/mol. The van der Waals surface area contributed by atoms with Gasteiger partial charge in [-0.3, -0.25) is 9.59 Å². The lowest BCUT2D eigenvalue weighted by Gasteiger charge is -1.97. The van der Waals surface area contributed by atoms with E-state index in [9.17, 15) is 9.59 Å². The van der Waals surface area contributed by atoms with Gasteiger partial charge in [-0.15, -0.1) is 0 Å². The number of ketones is 2. The molecule has 0 spiro atoms. The van der Waals surface area contributed by atoms with E-state index in [0.29, 0.717) is 0 Å². The number of carbonyl (C=O) groups excluding carboxylic acids is 2. The fraction of sp³-hybridized carbons (Fsp3) is 0. The van der Waals surface area contributed by atoms with E-state index in [0.717, 1.165) is 5.43 Å². The molecular formula is C6H7N2O2+. The van der Waals surface area contributed by atoms with Gasteiger partial charge in [0, 0.05) is 0 Å². The zero-order valence-corrected chi connectivity index (χ0v) is 5.20. The minimum absolute atomic E-state index is 0.198. The van der Waals surface area contributed by atoms with Crippen LogP contribution in [0.5, 0.6) is 0 Å². The first-order chi connectivity index (χ1) is 4.74. The number of carbonyl (C=O) groups is 2. The molecular weight excluding hydrogens is 132 g/mol. The van der Waals surface area contributed by atoms with Gasteiger partial charge < -0.3 is 0 Å². The summed E-state index contributed by atoms with van der Waals surface area (Å²) in [7, 11) is 0. The summed E-state index contributed by atoms with van der Waals surface area (Å²) in [4.78, 5) is 21.3. The lowest BCUT2D eigenvalue weighted by atomic mass is 10.1. The largest absolute Gasteiger partial charge is 0.290 e. The Bertz CT molecular complexity index is 240. The molecule has 10 heavy (non-hydrogen) atoms. The van der Waals surface area contributed by atoms with Gasteiger partial charge in [-0.05, 0) is 12.2 Å². The molecule has 0 radical (unpaired) electrons. The zero-order valence-electron chi connectivity index (χ0n) is 5.20. The summed E-state index contributed by atoms with van der Waals surface area (Å²) in [5.41, 5.74) is 1.39. The summed E-state index contributed by atoms with van der Waals surface area (Å²) in [6, 6.07) is 0. The van der Waals surface area contributed by atoms with Crippen LogP contribution in [0.15, 0.2) is 23.9 Å². The summed E-state index contributed by atoms with van der Waals surface area (Å²) in [6.07, 6.45) is 3.64. The van der Waals surface area contributed by atoms with Crippen LogP contribution in [-0.2, 0) is 9.59 Å². The maximum Gasteiger partial charge on any atom is 0.241 e. The lowest BCUT2D eigenvalue weighted by molar-refractivity contribution is -0.612. The molecule has 0 aromatic heterocycles. The number of rotatable bonds is 1. The highest BCUT2D eigenvalue weighted by molar-refractivity contribution is 6.15. The van der Waals surface area contributed by atoms with Crippen LogP contribution in [0.25, 0.3) is 0 Å². The molecule has 1 rings (SSSR count). The molecule has 0 aromatic rings. The topological polar surface area (TPSA) is 76.8 Å². The van der Waals surface area contributed by atoms with Crippen LogP contribution < -0.4 is 11.3 Å². The van der Waals surface area contributed by atoms with Crippen molar-refractivity contribution in [2.24, 2.45) is 5.84 Å². The molecule has 0 bridgehead atoms. The number of nitrogens with two attached hydrogens (primary N) is 2. The Morgan fingerprint density at radius 3 is 2.50 bits per heavy atom. The van der Waals surface area contributed by atoms with Crippen LogP contribution >= 0.6 is 0 Å². The highest BCUT2D eigenvalue weighted by Crippen LogP contribution is 1.95. The highest BCUT2D eigenvalue weighted by atomic mass is 16.1. The minimum Gasteiger partial charge on any atom is -0.290 e. The van der Waals surface area contributed by atoms with Gasteiger partial charge in [-0.1, -0.05) is 0 Å². The van der Waals surface area contributed by atoms with E-state index >= 15 is 0 Å². The van der Waals surface area contributed by atoms with E-state index in [1.807, 2.05) is 0 Å². The molecule has 0 saturated carbocycles. The van der Waals surface area contributed by atoms with Crippen molar-refractivity contribution in [2.45, 2.75) is 0 Å². The Balaban J connectivity index is 2.89. The van der Waals surface area contributed by atoms with Gasteiger partial charge in [0.05, 0.1) is 6.08 Å². The van der Waals surface area contributed by atoms with Gasteiger partial charge in [0.2, 0.25) is 5.78 Å². The molecule has 0 aromatic carbocycles. The maximum absolute atomic E-state index is 10.8.